The Kier molecular flexibility index (Phi) is 8.48. The van der Waals surface area contributed by atoms with Crippen molar-refractivity contribution in [1.82, 2.24) is 0 Å². The molecule has 0 fully saturated rings. The van der Waals surface area contributed by atoms with E-state index in [1.54, 1.807) is 44.4 Å². The van der Waals surface area contributed by atoms with Gasteiger partial charge < -0.3 is 24.3 Å². The molecule has 7 heteroatoms. The number of rotatable bonds is 10. The second kappa shape index (κ2) is 11.1. The molecule has 0 saturated heterocycles. The number of ether oxygens (including phenoxy) is 4. The second-order valence-corrected chi connectivity index (χ2v) is 6.31. The molecule has 0 aromatic heterocycles. The maximum atomic E-state index is 12.5. The zero-order valence-corrected chi connectivity index (χ0v) is 17.2. The summed E-state index contributed by atoms with van der Waals surface area (Å²) in [5.74, 6) is 0.298. The standard InChI is InChI=1S/C22H27NO6/c1-5-27-12-13-28-22(25)16(3)29-18-9-7-17(8-10-18)21(24)23-19-14-15(2)6-11-20(19)26-4/h6-11,14,16H,5,12-13H2,1-4H3,(H,23,24). The molecule has 1 N–H and O–H groups in total. The summed E-state index contributed by atoms with van der Waals surface area (Å²) >= 11 is 0. The summed E-state index contributed by atoms with van der Waals surface area (Å²) in [5.41, 5.74) is 2.06. The normalized spacial score (nSPS) is 11.4. The Balaban J connectivity index is 1.93. The summed E-state index contributed by atoms with van der Waals surface area (Å²) in [6, 6.07) is 12.1. The number of hydrogen-bond acceptors (Lipinski definition) is 6. The van der Waals surface area contributed by atoms with Crippen LogP contribution in [0.1, 0.15) is 29.8 Å². The lowest BCUT2D eigenvalue weighted by Crippen LogP contribution is -2.27. The predicted octanol–water partition coefficient (Wildman–Crippen LogP) is 3.60. The van der Waals surface area contributed by atoms with Crippen molar-refractivity contribution < 1.29 is 28.5 Å². The van der Waals surface area contributed by atoms with Gasteiger partial charge in [0.05, 0.1) is 19.4 Å². The maximum absolute atomic E-state index is 12.5. The Morgan fingerprint density at radius 3 is 2.45 bits per heavy atom. The highest BCUT2D eigenvalue weighted by Crippen LogP contribution is 2.26. The lowest BCUT2D eigenvalue weighted by Gasteiger charge is -2.14. The SMILES string of the molecule is CCOCCOC(=O)C(C)Oc1ccc(C(=O)Nc2cc(C)ccc2OC)cc1. The molecule has 0 saturated carbocycles. The van der Waals surface area contributed by atoms with Gasteiger partial charge in [-0.25, -0.2) is 4.79 Å². The smallest absolute Gasteiger partial charge is 0.347 e. The van der Waals surface area contributed by atoms with E-state index in [2.05, 4.69) is 5.32 Å². The van der Waals surface area contributed by atoms with Crippen molar-refractivity contribution in [3.63, 3.8) is 0 Å². The highest BCUT2D eigenvalue weighted by Gasteiger charge is 2.17. The van der Waals surface area contributed by atoms with Crippen LogP contribution in [0.3, 0.4) is 0 Å². The van der Waals surface area contributed by atoms with E-state index < -0.39 is 12.1 Å². The molecule has 0 bridgehead atoms. The van der Waals surface area contributed by atoms with Crippen molar-refractivity contribution in [2.75, 3.05) is 32.2 Å². The summed E-state index contributed by atoms with van der Waals surface area (Å²) in [6.45, 7) is 6.51. The van der Waals surface area contributed by atoms with Gasteiger partial charge in [-0.2, -0.15) is 0 Å². The Bertz CT molecular complexity index is 819. The van der Waals surface area contributed by atoms with Crippen LogP contribution in [-0.4, -0.2) is 44.9 Å². The molecule has 7 nitrogen and oxygen atoms in total. The monoisotopic (exact) mass is 401 g/mol. The number of esters is 1. The average molecular weight is 401 g/mol. The van der Waals surface area contributed by atoms with Crippen LogP contribution >= 0.6 is 0 Å². The van der Waals surface area contributed by atoms with Crippen LogP contribution in [-0.2, 0) is 14.3 Å². The van der Waals surface area contributed by atoms with Gasteiger partial charge in [0.2, 0.25) is 0 Å². The largest absolute Gasteiger partial charge is 0.495 e. The third kappa shape index (κ3) is 6.80. The molecule has 1 atom stereocenters. The van der Waals surface area contributed by atoms with Crippen molar-refractivity contribution in [3.05, 3.63) is 53.6 Å². The van der Waals surface area contributed by atoms with Gasteiger partial charge in [0.1, 0.15) is 18.1 Å². The van der Waals surface area contributed by atoms with Crippen molar-refractivity contribution in [2.24, 2.45) is 0 Å². The first-order valence-corrected chi connectivity index (χ1v) is 9.41. The highest BCUT2D eigenvalue weighted by molar-refractivity contribution is 6.05. The fourth-order valence-corrected chi connectivity index (χ4v) is 2.51. The molecule has 156 valence electrons. The molecule has 1 amide bonds. The van der Waals surface area contributed by atoms with Crippen LogP contribution in [0.5, 0.6) is 11.5 Å². The van der Waals surface area contributed by atoms with E-state index in [1.807, 2.05) is 26.0 Å². The zero-order valence-electron chi connectivity index (χ0n) is 17.2. The minimum absolute atomic E-state index is 0.182. The Morgan fingerprint density at radius 2 is 1.79 bits per heavy atom. The lowest BCUT2D eigenvalue weighted by molar-refractivity contribution is -0.152. The number of nitrogens with one attached hydrogen (secondary N) is 1. The van der Waals surface area contributed by atoms with Gasteiger partial charge in [-0.3, -0.25) is 4.79 Å². The van der Waals surface area contributed by atoms with E-state index in [0.717, 1.165) is 5.56 Å². The van der Waals surface area contributed by atoms with Crippen LogP contribution in [0.25, 0.3) is 0 Å². The first kappa shape index (κ1) is 22.2. The number of carbonyl (C=O) groups is 2. The summed E-state index contributed by atoms with van der Waals surface area (Å²) in [6.07, 6.45) is -0.771. The second-order valence-electron chi connectivity index (χ2n) is 6.31. The molecule has 2 aromatic carbocycles. The molecule has 29 heavy (non-hydrogen) atoms. The number of carbonyl (C=O) groups excluding carboxylic acids is 2. The minimum Gasteiger partial charge on any atom is -0.495 e. The van der Waals surface area contributed by atoms with Gasteiger partial charge in [-0.1, -0.05) is 6.07 Å². The summed E-state index contributed by atoms with van der Waals surface area (Å²) in [4.78, 5) is 24.4. The van der Waals surface area contributed by atoms with E-state index in [4.69, 9.17) is 18.9 Å². The quantitative estimate of drug-likeness (QED) is 0.484. The van der Waals surface area contributed by atoms with Crippen molar-refractivity contribution in [3.8, 4) is 11.5 Å². The highest BCUT2D eigenvalue weighted by atomic mass is 16.6. The summed E-state index contributed by atoms with van der Waals surface area (Å²) in [5, 5.41) is 2.84. The first-order valence-electron chi connectivity index (χ1n) is 9.41. The number of benzene rings is 2. The molecule has 0 aliphatic rings. The maximum Gasteiger partial charge on any atom is 0.347 e. The molecule has 1 unspecified atom stereocenters. The van der Waals surface area contributed by atoms with Crippen LogP contribution < -0.4 is 14.8 Å². The molecule has 0 aliphatic carbocycles. The number of aryl methyl sites for hydroxylation is 1. The minimum atomic E-state index is -0.771. The topological polar surface area (TPSA) is 83.1 Å². The summed E-state index contributed by atoms with van der Waals surface area (Å²) < 4.78 is 21.0. The van der Waals surface area contributed by atoms with Crippen molar-refractivity contribution >= 4 is 17.6 Å². The van der Waals surface area contributed by atoms with E-state index in [-0.39, 0.29) is 12.5 Å². The Labute approximate surface area is 170 Å². The predicted molar refractivity (Wildman–Crippen MR) is 110 cm³/mol. The Hall–Kier alpha value is -3.06. The fraction of sp³-hybridized carbons (Fsp3) is 0.364. The average Bonchev–Trinajstić information content (AvgIpc) is 2.71. The number of methoxy groups -OCH3 is 1. The molecule has 2 rings (SSSR count). The molecule has 0 radical (unpaired) electrons. The van der Waals surface area contributed by atoms with E-state index >= 15 is 0 Å². The van der Waals surface area contributed by atoms with Crippen LogP contribution in [0, 0.1) is 6.92 Å². The number of amides is 1. The molecular formula is C22H27NO6. The van der Waals surface area contributed by atoms with Gasteiger partial charge in [0.25, 0.3) is 5.91 Å². The van der Waals surface area contributed by atoms with E-state index in [9.17, 15) is 9.59 Å². The Morgan fingerprint density at radius 1 is 1.07 bits per heavy atom. The van der Waals surface area contributed by atoms with Gasteiger partial charge in [-0.15, -0.1) is 0 Å². The van der Waals surface area contributed by atoms with Crippen LogP contribution in [0.4, 0.5) is 5.69 Å². The van der Waals surface area contributed by atoms with E-state index in [1.165, 1.54) is 0 Å². The van der Waals surface area contributed by atoms with Gasteiger partial charge >= 0.3 is 5.97 Å². The number of anilines is 1. The van der Waals surface area contributed by atoms with Crippen LogP contribution in [0.15, 0.2) is 42.5 Å². The fourth-order valence-electron chi connectivity index (χ4n) is 2.51. The van der Waals surface area contributed by atoms with E-state index in [0.29, 0.717) is 36.0 Å². The lowest BCUT2D eigenvalue weighted by atomic mass is 10.1. The summed E-state index contributed by atoms with van der Waals surface area (Å²) in [7, 11) is 1.55. The molecule has 2 aromatic rings. The zero-order chi connectivity index (χ0) is 21.2. The molecule has 0 aliphatic heterocycles. The molecule has 0 heterocycles. The molecular weight excluding hydrogens is 374 g/mol. The third-order valence-corrected chi connectivity index (χ3v) is 4.04. The number of hydrogen-bond donors (Lipinski definition) is 1. The first-order chi connectivity index (χ1) is 13.9. The van der Waals surface area contributed by atoms with Crippen molar-refractivity contribution in [2.45, 2.75) is 26.9 Å². The van der Waals surface area contributed by atoms with Gasteiger partial charge in [0, 0.05) is 12.2 Å². The van der Waals surface area contributed by atoms with Crippen LogP contribution in [0.2, 0.25) is 0 Å². The van der Waals surface area contributed by atoms with Gasteiger partial charge in [0.15, 0.2) is 6.10 Å². The van der Waals surface area contributed by atoms with Gasteiger partial charge in [-0.05, 0) is 62.7 Å². The molecule has 0 spiro atoms. The third-order valence-electron chi connectivity index (χ3n) is 4.04. The van der Waals surface area contributed by atoms with Crippen molar-refractivity contribution in [1.29, 1.82) is 0 Å².